The Kier molecular flexibility index (Phi) is 5.16. The Morgan fingerprint density at radius 2 is 2.05 bits per heavy atom. The number of benzene rings is 1. The summed E-state index contributed by atoms with van der Waals surface area (Å²) in [7, 11) is 0. The molecule has 0 bridgehead atoms. The first-order valence-corrected chi connectivity index (χ1v) is 7.79. The summed E-state index contributed by atoms with van der Waals surface area (Å²) in [6.07, 6.45) is 1.40. The lowest BCUT2D eigenvalue weighted by Crippen LogP contribution is -2.54. The molecule has 0 radical (unpaired) electrons. The average Bonchev–Trinajstić information content (AvgIpc) is 2.47. The minimum absolute atomic E-state index is 0.0553. The maximum absolute atomic E-state index is 14.2. The van der Waals surface area contributed by atoms with Crippen LogP contribution in [0.15, 0.2) is 18.2 Å². The zero-order chi connectivity index (χ0) is 16.3. The Balaban J connectivity index is 2.10. The molecule has 4 nitrogen and oxygen atoms in total. The second-order valence-electron chi connectivity index (χ2n) is 5.85. The van der Waals surface area contributed by atoms with Crippen molar-refractivity contribution in [3.8, 4) is 0 Å². The molecule has 1 saturated heterocycles. The molecule has 0 N–H and O–H groups in total. The smallest absolute Gasteiger partial charge is 0.222 e. The van der Waals surface area contributed by atoms with Crippen LogP contribution in [0.25, 0.3) is 0 Å². The molecule has 0 spiro atoms. The van der Waals surface area contributed by atoms with Gasteiger partial charge in [0.05, 0.1) is 5.69 Å². The van der Waals surface area contributed by atoms with Crippen LogP contribution in [0.2, 0.25) is 0 Å². The molecule has 22 heavy (non-hydrogen) atoms. The highest BCUT2D eigenvalue weighted by Gasteiger charge is 2.28. The largest absolute Gasteiger partial charge is 0.365 e. The van der Waals surface area contributed by atoms with E-state index in [1.807, 2.05) is 23.6 Å². The minimum atomic E-state index is -0.381. The zero-order valence-corrected chi connectivity index (χ0v) is 13.4. The summed E-state index contributed by atoms with van der Waals surface area (Å²) in [6, 6.07) is 4.65. The second kappa shape index (κ2) is 6.90. The molecule has 5 heteroatoms. The molecular weight excluding hydrogens is 283 g/mol. The molecule has 1 aromatic rings. The van der Waals surface area contributed by atoms with E-state index in [0.29, 0.717) is 37.3 Å². The number of hydrogen-bond acceptors (Lipinski definition) is 3. The highest BCUT2D eigenvalue weighted by atomic mass is 19.1. The van der Waals surface area contributed by atoms with E-state index < -0.39 is 0 Å². The summed E-state index contributed by atoms with van der Waals surface area (Å²) in [5, 5.41) is 0. The topological polar surface area (TPSA) is 40.6 Å². The van der Waals surface area contributed by atoms with Crippen LogP contribution in [0.3, 0.4) is 0 Å². The Morgan fingerprint density at radius 3 is 2.59 bits per heavy atom. The molecule has 1 fully saturated rings. The van der Waals surface area contributed by atoms with Crippen LogP contribution in [0.1, 0.15) is 44.0 Å². The van der Waals surface area contributed by atoms with E-state index in [4.69, 9.17) is 0 Å². The van der Waals surface area contributed by atoms with Gasteiger partial charge in [0.2, 0.25) is 5.91 Å². The van der Waals surface area contributed by atoms with Crippen molar-refractivity contribution in [3.63, 3.8) is 0 Å². The number of Topliss-reactive ketones (excluding diaryl/α,β-unsaturated/α-hetero) is 1. The first kappa shape index (κ1) is 16.5. The Morgan fingerprint density at radius 1 is 1.32 bits per heavy atom. The predicted octanol–water partition coefficient (Wildman–Crippen LogP) is 2.87. The third-order valence-electron chi connectivity index (χ3n) is 4.11. The number of piperazine rings is 1. The molecule has 1 heterocycles. The lowest BCUT2D eigenvalue weighted by atomic mass is 10.1. The molecule has 0 unspecified atom stereocenters. The lowest BCUT2D eigenvalue weighted by molar-refractivity contribution is -0.133. The number of carbonyl (C=O) groups excluding carboxylic acids is 2. The maximum Gasteiger partial charge on any atom is 0.222 e. The quantitative estimate of drug-likeness (QED) is 0.803. The molecule has 1 atom stereocenters. The number of amides is 1. The van der Waals surface area contributed by atoms with Gasteiger partial charge in [0.25, 0.3) is 0 Å². The van der Waals surface area contributed by atoms with Crippen LogP contribution in [-0.4, -0.2) is 42.3 Å². The van der Waals surface area contributed by atoms with Crippen molar-refractivity contribution in [2.45, 2.75) is 39.7 Å². The summed E-state index contributed by atoms with van der Waals surface area (Å²) < 4.78 is 14.2. The Labute approximate surface area is 130 Å². The fraction of sp³-hybridized carbons (Fsp3) is 0.529. The van der Waals surface area contributed by atoms with E-state index in [1.54, 1.807) is 12.1 Å². The van der Waals surface area contributed by atoms with Crippen molar-refractivity contribution in [1.29, 1.82) is 0 Å². The number of carbonyl (C=O) groups is 2. The molecule has 2 rings (SSSR count). The van der Waals surface area contributed by atoms with E-state index in [1.165, 1.54) is 13.0 Å². The van der Waals surface area contributed by atoms with Gasteiger partial charge in [0.15, 0.2) is 5.78 Å². The predicted molar refractivity (Wildman–Crippen MR) is 84.7 cm³/mol. The maximum atomic E-state index is 14.2. The first-order valence-electron chi connectivity index (χ1n) is 7.79. The lowest BCUT2D eigenvalue weighted by Gasteiger charge is -2.41. The summed E-state index contributed by atoms with van der Waals surface area (Å²) >= 11 is 0. The van der Waals surface area contributed by atoms with Crippen molar-refractivity contribution >= 4 is 17.4 Å². The van der Waals surface area contributed by atoms with Crippen LogP contribution in [0.4, 0.5) is 10.1 Å². The number of nitrogens with zero attached hydrogens (tertiary/aromatic N) is 2. The van der Waals surface area contributed by atoms with E-state index in [2.05, 4.69) is 0 Å². The standard InChI is InChI=1S/C17H23FN2O2/c1-4-5-17(22)20-9-8-19(11-12(20)2)16-7-6-14(13(3)21)10-15(16)18/h6-7,10,12H,4-5,8-9,11H2,1-3H3/t12-/m0/s1. The van der Waals surface area contributed by atoms with Crippen molar-refractivity contribution in [2.24, 2.45) is 0 Å². The van der Waals surface area contributed by atoms with Crippen LogP contribution in [0, 0.1) is 5.82 Å². The summed E-state index contributed by atoms with van der Waals surface area (Å²) in [5.74, 6) is -0.357. The highest BCUT2D eigenvalue weighted by molar-refractivity contribution is 5.94. The van der Waals surface area contributed by atoms with Gasteiger partial charge in [-0.3, -0.25) is 9.59 Å². The van der Waals surface area contributed by atoms with Crippen LogP contribution in [-0.2, 0) is 4.79 Å². The van der Waals surface area contributed by atoms with Gasteiger partial charge in [-0.25, -0.2) is 4.39 Å². The molecule has 1 aromatic carbocycles. The normalized spacial score (nSPS) is 18.5. The van der Waals surface area contributed by atoms with Gasteiger partial charge in [-0.15, -0.1) is 0 Å². The summed E-state index contributed by atoms with van der Waals surface area (Å²) in [4.78, 5) is 27.1. The third-order valence-corrected chi connectivity index (χ3v) is 4.11. The van der Waals surface area contributed by atoms with E-state index in [9.17, 15) is 14.0 Å². The molecule has 0 saturated carbocycles. The van der Waals surface area contributed by atoms with Gasteiger partial charge in [-0.05, 0) is 38.5 Å². The van der Waals surface area contributed by atoms with Crippen LogP contribution >= 0.6 is 0 Å². The second-order valence-corrected chi connectivity index (χ2v) is 5.85. The third kappa shape index (κ3) is 3.46. The fourth-order valence-corrected chi connectivity index (χ4v) is 2.89. The number of hydrogen-bond donors (Lipinski definition) is 0. The molecule has 1 amide bonds. The van der Waals surface area contributed by atoms with Crippen LogP contribution in [0.5, 0.6) is 0 Å². The Bertz CT molecular complexity index is 574. The molecule has 1 aliphatic heterocycles. The van der Waals surface area contributed by atoms with Gasteiger partial charge < -0.3 is 9.80 Å². The molecular formula is C17H23FN2O2. The number of ketones is 1. The molecule has 1 aliphatic rings. The number of halogens is 1. The molecule has 120 valence electrons. The minimum Gasteiger partial charge on any atom is -0.365 e. The first-order chi connectivity index (χ1) is 10.4. The van der Waals surface area contributed by atoms with Crippen molar-refractivity contribution in [2.75, 3.05) is 24.5 Å². The van der Waals surface area contributed by atoms with Gasteiger partial charge in [-0.1, -0.05) is 6.92 Å². The van der Waals surface area contributed by atoms with Crippen molar-refractivity contribution < 1.29 is 14.0 Å². The SMILES string of the molecule is CCCC(=O)N1CCN(c2ccc(C(C)=O)cc2F)C[C@@H]1C. The van der Waals surface area contributed by atoms with E-state index in [0.717, 1.165) is 6.42 Å². The molecule has 0 aromatic heterocycles. The Hall–Kier alpha value is -1.91. The van der Waals surface area contributed by atoms with Gasteiger partial charge >= 0.3 is 0 Å². The van der Waals surface area contributed by atoms with Crippen molar-refractivity contribution in [3.05, 3.63) is 29.6 Å². The van der Waals surface area contributed by atoms with Crippen LogP contribution < -0.4 is 4.90 Å². The highest BCUT2D eigenvalue weighted by Crippen LogP contribution is 2.24. The fourth-order valence-electron chi connectivity index (χ4n) is 2.89. The van der Waals surface area contributed by atoms with Gasteiger partial charge in [0.1, 0.15) is 5.82 Å². The number of rotatable bonds is 4. The zero-order valence-electron chi connectivity index (χ0n) is 13.4. The summed E-state index contributed by atoms with van der Waals surface area (Å²) in [5.41, 5.74) is 0.880. The monoisotopic (exact) mass is 306 g/mol. The summed E-state index contributed by atoms with van der Waals surface area (Å²) in [6.45, 7) is 7.22. The van der Waals surface area contributed by atoms with Gasteiger partial charge in [0, 0.05) is 37.7 Å². The number of anilines is 1. The van der Waals surface area contributed by atoms with Crippen molar-refractivity contribution in [1.82, 2.24) is 4.90 Å². The van der Waals surface area contributed by atoms with E-state index >= 15 is 0 Å². The molecule has 0 aliphatic carbocycles. The van der Waals surface area contributed by atoms with Gasteiger partial charge in [-0.2, -0.15) is 0 Å². The average molecular weight is 306 g/mol. The van der Waals surface area contributed by atoms with E-state index in [-0.39, 0.29) is 23.5 Å².